The minimum atomic E-state index is -0.221. The number of benzene rings is 1. The minimum absolute atomic E-state index is 0.221. The van der Waals surface area contributed by atoms with Crippen molar-refractivity contribution in [2.24, 2.45) is 11.7 Å². The molecule has 0 unspecified atom stereocenters. The van der Waals surface area contributed by atoms with Gasteiger partial charge in [-0.1, -0.05) is 49.0 Å². The lowest BCUT2D eigenvalue weighted by atomic mass is 9.64. The normalized spacial score (nSPS) is 28.9. The molecule has 0 aliphatic heterocycles. The molecule has 1 aliphatic rings. The van der Waals surface area contributed by atoms with E-state index in [9.17, 15) is 0 Å². The molecule has 0 saturated heterocycles. The molecule has 0 aromatic heterocycles. The maximum Gasteiger partial charge on any atom is 0.0471 e. The van der Waals surface area contributed by atoms with E-state index in [4.69, 9.17) is 28.9 Å². The zero-order valence-electron chi connectivity index (χ0n) is 9.47. The van der Waals surface area contributed by atoms with E-state index in [-0.39, 0.29) is 5.54 Å². The average Bonchev–Trinajstić information content (AvgIpc) is 2.15. The summed E-state index contributed by atoms with van der Waals surface area (Å²) in [6.45, 7) is 2.21. The number of hydrogen-bond acceptors (Lipinski definition) is 1. The fourth-order valence-electron chi connectivity index (χ4n) is 2.70. The molecule has 1 aromatic carbocycles. The summed E-state index contributed by atoms with van der Waals surface area (Å²) in [7, 11) is 0. The highest BCUT2D eigenvalue weighted by atomic mass is 35.5. The van der Waals surface area contributed by atoms with Gasteiger partial charge in [0, 0.05) is 15.6 Å². The van der Waals surface area contributed by atoms with Crippen LogP contribution < -0.4 is 5.73 Å². The van der Waals surface area contributed by atoms with E-state index in [1.165, 1.54) is 12.8 Å². The highest BCUT2D eigenvalue weighted by Gasteiger charge is 2.42. The molecule has 1 saturated carbocycles. The summed E-state index contributed by atoms with van der Waals surface area (Å²) in [6.07, 6.45) is 4.59. The number of rotatable bonds is 3. The molecule has 0 atom stereocenters. The van der Waals surface area contributed by atoms with Crippen LogP contribution in [0.1, 0.15) is 38.2 Å². The van der Waals surface area contributed by atoms with Gasteiger partial charge in [0.15, 0.2) is 0 Å². The van der Waals surface area contributed by atoms with E-state index >= 15 is 0 Å². The molecule has 88 valence electrons. The van der Waals surface area contributed by atoms with Crippen LogP contribution in [0.3, 0.4) is 0 Å². The minimum Gasteiger partial charge on any atom is -0.321 e. The van der Waals surface area contributed by atoms with E-state index in [0.717, 1.165) is 24.3 Å². The van der Waals surface area contributed by atoms with E-state index < -0.39 is 0 Å². The van der Waals surface area contributed by atoms with Crippen LogP contribution >= 0.6 is 23.2 Å². The fourth-order valence-corrected chi connectivity index (χ4v) is 3.29. The second-order valence-corrected chi connectivity index (χ2v) is 5.69. The highest BCUT2D eigenvalue weighted by molar-refractivity contribution is 6.35. The summed E-state index contributed by atoms with van der Waals surface area (Å²) in [5, 5.41) is 1.37. The van der Waals surface area contributed by atoms with Crippen LogP contribution in [0.4, 0.5) is 0 Å². The van der Waals surface area contributed by atoms with Gasteiger partial charge in [-0.15, -0.1) is 0 Å². The Kier molecular flexibility index (Phi) is 3.48. The van der Waals surface area contributed by atoms with Crippen molar-refractivity contribution >= 4 is 23.2 Å². The first kappa shape index (κ1) is 12.2. The standard InChI is InChI=1S/C13H17Cl2N/c1-2-3-9-7-13(16,8-9)11-5-4-10(14)6-12(11)15/h4-6,9H,2-3,7-8,16H2,1H3. The molecule has 1 aliphatic carbocycles. The van der Waals surface area contributed by atoms with Gasteiger partial charge in [-0.05, 0) is 36.5 Å². The average molecular weight is 258 g/mol. The Hall–Kier alpha value is -0.240. The Labute approximate surface area is 107 Å². The predicted octanol–water partition coefficient (Wildman–Crippen LogP) is 4.36. The molecule has 3 heteroatoms. The lowest BCUT2D eigenvalue weighted by Gasteiger charge is -2.46. The quantitative estimate of drug-likeness (QED) is 0.856. The van der Waals surface area contributed by atoms with Crippen LogP contribution in [0.15, 0.2) is 18.2 Å². The number of nitrogens with two attached hydrogens (primary N) is 1. The lowest BCUT2D eigenvalue weighted by molar-refractivity contribution is 0.138. The molecule has 0 spiro atoms. The van der Waals surface area contributed by atoms with Gasteiger partial charge in [-0.25, -0.2) is 0 Å². The van der Waals surface area contributed by atoms with Gasteiger partial charge < -0.3 is 5.73 Å². The molecular weight excluding hydrogens is 241 g/mol. The summed E-state index contributed by atoms with van der Waals surface area (Å²) < 4.78 is 0. The lowest BCUT2D eigenvalue weighted by Crippen LogP contribution is -2.49. The van der Waals surface area contributed by atoms with Crippen LogP contribution in [0.25, 0.3) is 0 Å². The zero-order valence-corrected chi connectivity index (χ0v) is 11.0. The zero-order chi connectivity index (χ0) is 11.8. The number of hydrogen-bond donors (Lipinski definition) is 1. The largest absolute Gasteiger partial charge is 0.321 e. The van der Waals surface area contributed by atoms with Crippen LogP contribution in [-0.4, -0.2) is 0 Å². The molecule has 0 heterocycles. The van der Waals surface area contributed by atoms with Gasteiger partial charge in [0.05, 0.1) is 0 Å². The Morgan fingerprint density at radius 2 is 2.06 bits per heavy atom. The predicted molar refractivity (Wildman–Crippen MR) is 70.0 cm³/mol. The van der Waals surface area contributed by atoms with E-state index in [2.05, 4.69) is 6.92 Å². The van der Waals surface area contributed by atoms with Crippen LogP contribution in [-0.2, 0) is 5.54 Å². The van der Waals surface area contributed by atoms with Gasteiger partial charge in [0.25, 0.3) is 0 Å². The topological polar surface area (TPSA) is 26.0 Å². The van der Waals surface area contributed by atoms with Crippen molar-refractivity contribution in [3.8, 4) is 0 Å². The monoisotopic (exact) mass is 257 g/mol. The third kappa shape index (κ3) is 2.22. The maximum atomic E-state index is 6.37. The van der Waals surface area contributed by atoms with Crippen molar-refractivity contribution in [2.75, 3.05) is 0 Å². The Morgan fingerprint density at radius 1 is 1.38 bits per heavy atom. The SMILES string of the molecule is CCCC1CC(N)(c2ccc(Cl)cc2Cl)C1. The first-order valence-electron chi connectivity index (χ1n) is 5.79. The second-order valence-electron chi connectivity index (χ2n) is 4.84. The van der Waals surface area contributed by atoms with Crippen molar-refractivity contribution in [3.05, 3.63) is 33.8 Å². The molecule has 1 fully saturated rings. The molecule has 0 amide bonds. The smallest absolute Gasteiger partial charge is 0.0471 e. The fraction of sp³-hybridized carbons (Fsp3) is 0.538. The summed E-state index contributed by atoms with van der Waals surface area (Å²) in [5.41, 5.74) is 7.19. The van der Waals surface area contributed by atoms with E-state index in [1.54, 1.807) is 6.07 Å². The first-order chi connectivity index (χ1) is 7.55. The third-order valence-corrected chi connectivity index (χ3v) is 4.02. The molecule has 1 aromatic rings. The van der Waals surface area contributed by atoms with Gasteiger partial charge in [-0.2, -0.15) is 0 Å². The van der Waals surface area contributed by atoms with E-state index in [1.807, 2.05) is 12.1 Å². The third-order valence-electron chi connectivity index (χ3n) is 3.47. The molecule has 0 radical (unpaired) electrons. The molecule has 2 N–H and O–H groups in total. The maximum absolute atomic E-state index is 6.37. The summed E-state index contributed by atoms with van der Waals surface area (Å²) >= 11 is 12.1. The van der Waals surface area contributed by atoms with Crippen molar-refractivity contribution < 1.29 is 0 Å². The van der Waals surface area contributed by atoms with Crippen molar-refractivity contribution in [3.63, 3.8) is 0 Å². The Morgan fingerprint density at radius 3 is 2.62 bits per heavy atom. The Balaban J connectivity index is 2.14. The van der Waals surface area contributed by atoms with Gasteiger partial charge in [-0.3, -0.25) is 0 Å². The summed E-state index contributed by atoms with van der Waals surface area (Å²) in [4.78, 5) is 0. The van der Waals surface area contributed by atoms with Crippen molar-refractivity contribution in [1.82, 2.24) is 0 Å². The summed E-state index contributed by atoms with van der Waals surface area (Å²) in [6, 6.07) is 5.61. The van der Waals surface area contributed by atoms with E-state index in [0.29, 0.717) is 10.0 Å². The van der Waals surface area contributed by atoms with Gasteiger partial charge in [0.1, 0.15) is 0 Å². The van der Waals surface area contributed by atoms with Crippen molar-refractivity contribution in [1.29, 1.82) is 0 Å². The molecular formula is C13H17Cl2N. The summed E-state index contributed by atoms with van der Waals surface area (Å²) in [5.74, 6) is 0.766. The van der Waals surface area contributed by atoms with Crippen LogP contribution in [0, 0.1) is 5.92 Å². The van der Waals surface area contributed by atoms with Crippen LogP contribution in [0.2, 0.25) is 10.0 Å². The van der Waals surface area contributed by atoms with Gasteiger partial charge >= 0.3 is 0 Å². The van der Waals surface area contributed by atoms with Crippen molar-refractivity contribution in [2.45, 2.75) is 38.1 Å². The first-order valence-corrected chi connectivity index (χ1v) is 6.55. The highest BCUT2D eigenvalue weighted by Crippen LogP contribution is 2.47. The molecule has 1 nitrogen and oxygen atoms in total. The molecule has 2 rings (SSSR count). The van der Waals surface area contributed by atoms with Gasteiger partial charge in [0.2, 0.25) is 0 Å². The van der Waals surface area contributed by atoms with Crippen LogP contribution in [0.5, 0.6) is 0 Å². The molecule has 0 bridgehead atoms. The molecule has 16 heavy (non-hydrogen) atoms. The number of halogens is 2. The Bertz CT molecular complexity index is 384. The second kappa shape index (κ2) is 4.56.